The number of piperazine rings is 1. The van der Waals surface area contributed by atoms with Gasteiger partial charge in [0, 0.05) is 20.1 Å². The lowest BCUT2D eigenvalue weighted by atomic mass is 9.96. The van der Waals surface area contributed by atoms with Crippen LogP contribution >= 0.6 is 0 Å². The molecule has 1 aromatic carbocycles. The van der Waals surface area contributed by atoms with E-state index in [0.29, 0.717) is 6.61 Å². The van der Waals surface area contributed by atoms with Gasteiger partial charge >= 0.3 is 0 Å². The van der Waals surface area contributed by atoms with Crippen molar-refractivity contribution < 1.29 is 27.5 Å². The van der Waals surface area contributed by atoms with Crippen molar-refractivity contribution in [3.8, 4) is 5.75 Å². The molecule has 0 aromatic heterocycles. The van der Waals surface area contributed by atoms with Crippen LogP contribution in [0.25, 0.3) is 0 Å². The Balaban J connectivity index is 1.91. The van der Waals surface area contributed by atoms with E-state index >= 15 is 0 Å². The third kappa shape index (κ3) is 5.70. The molecule has 1 aliphatic heterocycles. The maximum absolute atomic E-state index is 12.7. The molecule has 3 amide bonds. The third-order valence-corrected chi connectivity index (χ3v) is 6.20. The lowest BCUT2D eigenvalue weighted by Gasteiger charge is -2.44. The number of nitrogens with one attached hydrogen (secondary N) is 2. The molecule has 10 nitrogen and oxygen atoms in total. The first-order valence-electron chi connectivity index (χ1n) is 9.46. The Morgan fingerprint density at radius 2 is 1.83 bits per heavy atom. The Kier molecular flexibility index (Phi) is 7.43. The van der Waals surface area contributed by atoms with E-state index in [-0.39, 0.29) is 26.2 Å². The molecule has 1 saturated heterocycles. The Labute approximate surface area is 176 Å². The highest BCUT2D eigenvalue weighted by Crippen LogP contribution is 2.22. The van der Waals surface area contributed by atoms with E-state index in [9.17, 15) is 22.8 Å². The maximum Gasteiger partial charge on any atom is 0.247 e. The summed E-state index contributed by atoms with van der Waals surface area (Å²) in [4.78, 5) is 38.2. The van der Waals surface area contributed by atoms with Gasteiger partial charge in [-0.2, -0.15) is 4.31 Å². The summed E-state index contributed by atoms with van der Waals surface area (Å²) in [5.41, 5.74) is -0.556. The maximum atomic E-state index is 12.7. The first kappa shape index (κ1) is 23.6. The van der Waals surface area contributed by atoms with Gasteiger partial charge in [0.1, 0.15) is 11.3 Å². The molecule has 1 aromatic rings. The molecule has 0 aliphatic carbocycles. The number of likely N-dealkylation sites (N-methyl/N-ethyl adjacent to an activating group) is 1. The predicted molar refractivity (Wildman–Crippen MR) is 110 cm³/mol. The van der Waals surface area contributed by atoms with Crippen LogP contribution in [0.15, 0.2) is 24.3 Å². The van der Waals surface area contributed by atoms with Gasteiger partial charge in [-0.1, -0.05) is 12.1 Å². The van der Waals surface area contributed by atoms with E-state index < -0.39 is 33.3 Å². The van der Waals surface area contributed by atoms with Crippen LogP contribution in [0.3, 0.4) is 0 Å². The second-order valence-electron chi connectivity index (χ2n) is 7.29. The lowest BCUT2D eigenvalue weighted by molar-refractivity contribution is -0.150. The first-order valence-corrected chi connectivity index (χ1v) is 11.3. The van der Waals surface area contributed by atoms with Crippen LogP contribution in [0.1, 0.15) is 19.4 Å². The molecule has 2 N–H and O–H groups in total. The van der Waals surface area contributed by atoms with Gasteiger partial charge < -0.3 is 20.3 Å². The van der Waals surface area contributed by atoms with Crippen molar-refractivity contribution in [2.24, 2.45) is 0 Å². The van der Waals surface area contributed by atoms with E-state index in [4.69, 9.17) is 4.74 Å². The minimum absolute atomic E-state index is 0.187. The van der Waals surface area contributed by atoms with Gasteiger partial charge in [-0.3, -0.25) is 14.4 Å². The highest BCUT2D eigenvalue weighted by molar-refractivity contribution is 7.88. The molecule has 1 aliphatic rings. The summed E-state index contributed by atoms with van der Waals surface area (Å²) in [7, 11) is -2.21. The molecule has 1 atom stereocenters. The van der Waals surface area contributed by atoms with Crippen molar-refractivity contribution in [3.63, 3.8) is 0 Å². The smallest absolute Gasteiger partial charge is 0.247 e. The third-order valence-electron chi connectivity index (χ3n) is 5.00. The summed E-state index contributed by atoms with van der Waals surface area (Å²) >= 11 is 0. The number of carbonyl (C=O) groups excluding carboxylic acids is 3. The molecule has 1 heterocycles. The molecule has 0 unspecified atom stereocenters. The number of hydrogen-bond donors (Lipinski definition) is 2. The highest BCUT2D eigenvalue weighted by Gasteiger charge is 2.47. The fourth-order valence-corrected chi connectivity index (χ4v) is 3.81. The monoisotopic (exact) mass is 440 g/mol. The molecule has 1 fully saturated rings. The van der Waals surface area contributed by atoms with Gasteiger partial charge in [0.05, 0.1) is 26.0 Å². The Morgan fingerprint density at radius 1 is 1.20 bits per heavy atom. The summed E-state index contributed by atoms with van der Waals surface area (Å²) in [6.07, 6.45) is 0.984. The molecule has 0 spiro atoms. The van der Waals surface area contributed by atoms with E-state index in [2.05, 4.69) is 10.6 Å². The van der Waals surface area contributed by atoms with Crippen LogP contribution in [0, 0.1) is 0 Å². The first-order chi connectivity index (χ1) is 14.0. The average molecular weight is 441 g/mol. The van der Waals surface area contributed by atoms with Gasteiger partial charge in [0.25, 0.3) is 0 Å². The van der Waals surface area contributed by atoms with Gasteiger partial charge in [-0.15, -0.1) is 0 Å². The highest BCUT2D eigenvalue weighted by atomic mass is 32.2. The van der Waals surface area contributed by atoms with Gasteiger partial charge in [-0.25, -0.2) is 8.42 Å². The zero-order valence-corrected chi connectivity index (χ0v) is 18.4. The van der Waals surface area contributed by atoms with E-state index in [1.165, 1.54) is 18.9 Å². The van der Waals surface area contributed by atoms with Crippen molar-refractivity contribution in [1.29, 1.82) is 0 Å². The number of carbonyl (C=O) groups is 3. The van der Waals surface area contributed by atoms with Crippen LogP contribution < -0.4 is 15.4 Å². The van der Waals surface area contributed by atoms with Crippen molar-refractivity contribution in [3.05, 3.63) is 29.8 Å². The summed E-state index contributed by atoms with van der Waals surface area (Å²) in [5, 5.41) is 5.18. The Hall–Kier alpha value is -2.66. The SMILES string of the molecule is CCOc1ccc(CNC(=O)CNC(=O)[C@]2(C)CN(S(C)(=O)=O)CC(=O)N2C)cc1. The van der Waals surface area contributed by atoms with Crippen LogP contribution in [-0.2, 0) is 31.0 Å². The molecule has 0 saturated carbocycles. The van der Waals surface area contributed by atoms with Crippen LogP contribution in [0.4, 0.5) is 0 Å². The number of rotatable bonds is 8. The average Bonchev–Trinajstić information content (AvgIpc) is 2.68. The van der Waals surface area contributed by atoms with E-state index in [1.807, 2.05) is 19.1 Å². The number of ether oxygens (including phenoxy) is 1. The minimum atomic E-state index is -3.65. The fraction of sp³-hybridized carbons (Fsp3) is 0.526. The molecular weight excluding hydrogens is 412 g/mol. The molecule has 2 rings (SSSR count). The Morgan fingerprint density at radius 3 is 2.40 bits per heavy atom. The standard InChI is InChI=1S/C19H28N4O6S/c1-5-29-15-8-6-14(7-9-15)10-20-16(24)11-21-18(26)19(2)13-23(30(4,27)28)12-17(25)22(19)3/h6-9H,5,10-13H2,1-4H3,(H,20,24)(H,21,26)/t19-/m0/s1. The molecule has 166 valence electrons. The number of sulfonamides is 1. The van der Waals surface area contributed by atoms with Crippen molar-refractivity contribution in [1.82, 2.24) is 19.8 Å². The molecule has 0 bridgehead atoms. The quantitative estimate of drug-likeness (QED) is 0.551. The summed E-state index contributed by atoms with van der Waals surface area (Å²) in [6.45, 7) is 3.40. The number of amides is 3. The minimum Gasteiger partial charge on any atom is -0.494 e. The lowest BCUT2D eigenvalue weighted by Crippen LogP contribution is -2.68. The Bertz CT molecular complexity index is 902. The summed E-state index contributed by atoms with van der Waals surface area (Å²) < 4.78 is 30.0. The van der Waals surface area contributed by atoms with Crippen molar-refractivity contribution >= 4 is 27.7 Å². The number of benzene rings is 1. The van der Waals surface area contributed by atoms with Crippen LogP contribution in [0.5, 0.6) is 5.75 Å². The van der Waals surface area contributed by atoms with Crippen LogP contribution in [0.2, 0.25) is 0 Å². The zero-order valence-electron chi connectivity index (χ0n) is 17.6. The number of hydrogen-bond acceptors (Lipinski definition) is 6. The largest absolute Gasteiger partial charge is 0.494 e. The molecular formula is C19H28N4O6S. The topological polar surface area (TPSA) is 125 Å². The van der Waals surface area contributed by atoms with E-state index in [1.54, 1.807) is 12.1 Å². The van der Waals surface area contributed by atoms with Crippen molar-refractivity contribution in [2.75, 3.05) is 39.5 Å². The normalized spacial score (nSPS) is 20.0. The van der Waals surface area contributed by atoms with Gasteiger partial charge in [-0.05, 0) is 31.5 Å². The van der Waals surface area contributed by atoms with Gasteiger partial charge in [0.2, 0.25) is 27.7 Å². The second kappa shape index (κ2) is 9.43. The molecule has 11 heteroatoms. The predicted octanol–water partition coefficient (Wildman–Crippen LogP) is -0.690. The van der Waals surface area contributed by atoms with Crippen molar-refractivity contribution in [2.45, 2.75) is 25.9 Å². The molecule has 0 radical (unpaired) electrons. The second-order valence-corrected chi connectivity index (χ2v) is 9.28. The zero-order chi connectivity index (χ0) is 22.5. The van der Waals surface area contributed by atoms with Gasteiger partial charge in [0.15, 0.2) is 0 Å². The number of nitrogens with zero attached hydrogens (tertiary/aromatic N) is 2. The fourth-order valence-electron chi connectivity index (χ4n) is 2.98. The summed E-state index contributed by atoms with van der Waals surface area (Å²) in [5.74, 6) is -0.778. The van der Waals surface area contributed by atoms with E-state index in [0.717, 1.165) is 21.9 Å². The van der Waals surface area contributed by atoms with Crippen LogP contribution in [-0.4, -0.2) is 80.4 Å². The molecule has 30 heavy (non-hydrogen) atoms. The summed E-state index contributed by atoms with van der Waals surface area (Å²) in [6, 6.07) is 7.26.